The molecule has 1 N–H and O–H groups in total. The minimum Gasteiger partial charge on any atom is -0.392 e. The quantitative estimate of drug-likeness (QED) is 0.277. The van der Waals surface area contributed by atoms with Crippen LogP contribution < -0.4 is 5.56 Å². The summed E-state index contributed by atoms with van der Waals surface area (Å²) in [5, 5.41) is 13.7. The highest BCUT2D eigenvalue weighted by atomic mass is 35.5. The van der Waals surface area contributed by atoms with Crippen molar-refractivity contribution in [1.29, 1.82) is 0 Å². The summed E-state index contributed by atoms with van der Waals surface area (Å²) in [5.74, 6) is 0.326. The van der Waals surface area contributed by atoms with Crippen LogP contribution in [0.25, 0.3) is 27.5 Å². The summed E-state index contributed by atoms with van der Waals surface area (Å²) in [6, 6.07) is 15.6. The zero-order valence-corrected chi connectivity index (χ0v) is 22.2. The summed E-state index contributed by atoms with van der Waals surface area (Å²) >= 11 is 7.48. The second-order valence-electron chi connectivity index (χ2n) is 9.10. The van der Waals surface area contributed by atoms with Crippen LogP contribution in [0, 0.1) is 5.92 Å². The number of halogens is 1. The molecule has 0 atom stereocenters. The van der Waals surface area contributed by atoms with Crippen molar-refractivity contribution in [2.75, 3.05) is 0 Å². The number of aryl methyl sites for hydroxylation is 2. The molecule has 4 rings (SSSR count). The largest absolute Gasteiger partial charge is 0.392 e. The normalized spacial score (nSPS) is 11.4. The van der Waals surface area contributed by atoms with Gasteiger partial charge in [-0.05, 0) is 60.1 Å². The second-order valence-corrected chi connectivity index (χ2v) is 10.4. The molecule has 4 nitrogen and oxygen atoms in total. The van der Waals surface area contributed by atoms with E-state index < -0.39 is 0 Å². The van der Waals surface area contributed by atoms with E-state index in [1.54, 1.807) is 0 Å². The number of pyridine rings is 1. The van der Waals surface area contributed by atoms with Crippen LogP contribution in [-0.2, 0) is 25.9 Å². The van der Waals surface area contributed by atoms with Crippen molar-refractivity contribution in [2.45, 2.75) is 53.6 Å². The number of aromatic nitrogens is 2. The first-order valence-corrected chi connectivity index (χ1v) is 13.3. The van der Waals surface area contributed by atoms with Gasteiger partial charge in [0.15, 0.2) is 0 Å². The van der Waals surface area contributed by atoms with Gasteiger partial charge in [0.25, 0.3) is 5.56 Å². The molecule has 0 aliphatic rings. The van der Waals surface area contributed by atoms with E-state index >= 15 is 0 Å². The van der Waals surface area contributed by atoms with Crippen LogP contribution in [0.3, 0.4) is 0 Å². The van der Waals surface area contributed by atoms with Gasteiger partial charge in [-0.2, -0.15) is 0 Å². The molecule has 0 aliphatic heterocycles. The number of nitrogens with zero attached hydrogens (tertiary/aromatic N) is 2. The standard InChI is InChI=1S/C29H31ClN2O2S/c1-5-19-8-7-9-20(6-2)27(19)32-26(14-18(3)4)22(16-33)15-24(29(32)34)28-31-25(17-35-28)21-10-12-23(30)13-11-21/h7-13,15,17-18,33H,5-6,14,16H2,1-4H3. The molecule has 0 bridgehead atoms. The van der Waals surface area contributed by atoms with Crippen molar-refractivity contribution in [1.82, 2.24) is 9.55 Å². The molecule has 2 aromatic heterocycles. The highest BCUT2D eigenvalue weighted by molar-refractivity contribution is 7.13. The molecule has 0 radical (unpaired) electrons. The maximum Gasteiger partial charge on any atom is 0.265 e. The maximum absolute atomic E-state index is 14.2. The van der Waals surface area contributed by atoms with Crippen LogP contribution in [-0.4, -0.2) is 14.7 Å². The van der Waals surface area contributed by atoms with E-state index in [4.69, 9.17) is 16.6 Å². The molecule has 6 heteroatoms. The van der Waals surface area contributed by atoms with E-state index in [2.05, 4.69) is 45.9 Å². The molecule has 182 valence electrons. The van der Waals surface area contributed by atoms with Gasteiger partial charge in [-0.25, -0.2) is 4.98 Å². The number of aliphatic hydroxyl groups excluding tert-OH is 1. The highest BCUT2D eigenvalue weighted by Gasteiger charge is 2.22. The molecule has 2 aromatic carbocycles. The molecule has 4 aromatic rings. The number of aliphatic hydroxyl groups is 1. The third kappa shape index (κ3) is 5.13. The lowest BCUT2D eigenvalue weighted by molar-refractivity contribution is 0.279. The van der Waals surface area contributed by atoms with Crippen molar-refractivity contribution in [3.63, 3.8) is 0 Å². The van der Waals surface area contributed by atoms with Crippen LogP contribution in [0.2, 0.25) is 5.02 Å². The Hall–Kier alpha value is -2.73. The maximum atomic E-state index is 14.2. The molecule has 0 saturated heterocycles. The average Bonchev–Trinajstić information content (AvgIpc) is 3.34. The van der Waals surface area contributed by atoms with E-state index in [-0.39, 0.29) is 12.2 Å². The van der Waals surface area contributed by atoms with Gasteiger partial charge in [-0.3, -0.25) is 9.36 Å². The van der Waals surface area contributed by atoms with E-state index in [9.17, 15) is 9.90 Å². The van der Waals surface area contributed by atoms with Gasteiger partial charge >= 0.3 is 0 Å². The van der Waals surface area contributed by atoms with Crippen LogP contribution in [0.4, 0.5) is 0 Å². The van der Waals surface area contributed by atoms with E-state index in [1.165, 1.54) is 11.3 Å². The van der Waals surface area contributed by atoms with Crippen molar-refractivity contribution in [3.05, 3.63) is 91.7 Å². The Kier molecular flexibility index (Phi) is 7.90. The van der Waals surface area contributed by atoms with Gasteiger partial charge in [0, 0.05) is 21.7 Å². The molecular formula is C29H31ClN2O2S. The Morgan fingerprint density at radius 1 is 1.03 bits per heavy atom. The summed E-state index contributed by atoms with van der Waals surface area (Å²) in [5.41, 5.74) is 7.01. The van der Waals surface area contributed by atoms with Crippen LogP contribution in [0.1, 0.15) is 50.1 Å². The number of benzene rings is 2. The topological polar surface area (TPSA) is 55.1 Å². The summed E-state index contributed by atoms with van der Waals surface area (Å²) in [6.45, 7) is 8.36. The first-order valence-electron chi connectivity index (χ1n) is 12.1. The molecule has 2 heterocycles. The van der Waals surface area contributed by atoms with Crippen molar-refractivity contribution in [3.8, 4) is 27.5 Å². The lowest BCUT2D eigenvalue weighted by Gasteiger charge is -2.23. The minimum atomic E-state index is -0.138. The summed E-state index contributed by atoms with van der Waals surface area (Å²) in [6.07, 6.45) is 2.32. The number of rotatable bonds is 8. The Morgan fingerprint density at radius 3 is 2.26 bits per heavy atom. The lowest BCUT2D eigenvalue weighted by Crippen LogP contribution is -2.28. The molecular weight excluding hydrogens is 476 g/mol. The Balaban J connectivity index is 1.99. The van der Waals surface area contributed by atoms with Gasteiger partial charge in [0.2, 0.25) is 0 Å². The third-order valence-electron chi connectivity index (χ3n) is 6.23. The smallest absolute Gasteiger partial charge is 0.265 e. The predicted molar refractivity (Wildman–Crippen MR) is 147 cm³/mol. The van der Waals surface area contributed by atoms with E-state index in [1.807, 2.05) is 40.3 Å². The monoisotopic (exact) mass is 506 g/mol. The molecule has 0 aliphatic carbocycles. The lowest BCUT2D eigenvalue weighted by atomic mass is 9.98. The zero-order chi connectivity index (χ0) is 25.1. The van der Waals surface area contributed by atoms with Crippen molar-refractivity contribution in [2.24, 2.45) is 5.92 Å². The molecule has 35 heavy (non-hydrogen) atoms. The first kappa shape index (κ1) is 25.4. The van der Waals surface area contributed by atoms with Gasteiger partial charge in [-0.15, -0.1) is 11.3 Å². The van der Waals surface area contributed by atoms with Crippen LogP contribution >= 0.6 is 22.9 Å². The second kappa shape index (κ2) is 10.9. The minimum absolute atomic E-state index is 0.0922. The third-order valence-corrected chi connectivity index (χ3v) is 7.36. The van der Waals surface area contributed by atoms with Crippen LogP contribution in [0.5, 0.6) is 0 Å². The Morgan fingerprint density at radius 2 is 1.69 bits per heavy atom. The van der Waals surface area contributed by atoms with Gasteiger partial charge in [0.1, 0.15) is 5.01 Å². The zero-order valence-electron chi connectivity index (χ0n) is 20.6. The molecule has 0 spiro atoms. The van der Waals surface area contributed by atoms with Gasteiger partial charge < -0.3 is 5.11 Å². The summed E-state index contributed by atoms with van der Waals surface area (Å²) in [7, 11) is 0. The number of thiazole rings is 1. The van der Waals surface area contributed by atoms with E-state index in [0.29, 0.717) is 27.9 Å². The number of para-hydroxylation sites is 1. The Labute approximate surface area is 215 Å². The average molecular weight is 507 g/mol. The van der Waals surface area contributed by atoms with Gasteiger partial charge in [-0.1, -0.05) is 69.6 Å². The predicted octanol–water partition coefficient (Wildman–Crippen LogP) is 7.10. The summed E-state index contributed by atoms with van der Waals surface area (Å²) < 4.78 is 1.86. The molecule has 0 amide bonds. The molecule has 0 fully saturated rings. The fourth-order valence-corrected chi connectivity index (χ4v) is 5.46. The van der Waals surface area contributed by atoms with Crippen molar-refractivity contribution >= 4 is 22.9 Å². The molecule has 0 unspecified atom stereocenters. The molecule has 0 saturated carbocycles. The van der Waals surface area contributed by atoms with Crippen molar-refractivity contribution < 1.29 is 5.11 Å². The van der Waals surface area contributed by atoms with E-state index in [0.717, 1.165) is 52.2 Å². The fourth-order valence-electron chi connectivity index (χ4n) is 4.49. The first-order chi connectivity index (χ1) is 16.9. The van der Waals surface area contributed by atoms with Gasteiger partial charge in [0.05, 0.1) is 23.6 Å². The fraction of sp³-hybridized carbons (Fsp3) is 0.310. The Bertz CT molecular complexity index is 1360. The van der Waals surface area contributed by atoms with Crippen LogP contribution in [0.15, 0.2) is 58.7 Å². The summed E-state index contributed by atoms with van der Waals surface area (Å²) in [4.78, 5) is 19.0. The number of hydrogen-bond donors (Lipinski definition) is 1. The SMILES string of the molecule is CCc1cccc(CC)c1-n1c(CC(C)C)c(CO)cc(-c2nc(-c3ccc(Cl)cc3)cs2)c1=O. The number of hydrogen-bond acceptors (Lipinski definition) is 4. The highest BCUT2D eigenvalue weighted by Crippen LogP contribution is 2.31.